The van der Waals surface area contributed by atoms with Crippen molar-refractivity contribution < 1.29 is 24.0 Å². The summed E-state index contributed by atoms with van der Waals surface area (Å²) in [6, 6.07) is 14.4. The number of Topliss-reactive ketones (excluding diaryl/α,β-unsaturated/α-hetero) is 2. The van der Waals surface area contributed by atoms with Crippen LogP contribution in [0.2, 0.25) is 0 Å². The number of rotatable bonds is 3. The fraction of sp³-hybridized carbons (Fsp3) is 0.281. The van der Waals surface area contributed by atoms with E-state index in [0.29, 0.717) is 23.2 Å². The van der Waals surface area contributed by atoms with Gasteiger partial charge >= 0.3 is 5.97 Å². The molecule has 6 rings (SSSR count). The molecule has 0 bridgehead atoms. The summed E-state index contributed by atoms with van der Waals surface area (Å²) >= 11 is 0. The van der Waals surface area contributed by atoms with Gasteiger partial charge in [-0.15, -0.1) is 0 Å². The van der Waals surface area contributed by atoms with Gasteiger partial charge in [-0.25, -0.2) is 4.79 Å². The number of hydrogen-bond donors (Lipinski definition) is 2. The number of ketones is 2. The molecular formula is C32H34N3O4+. The molecule has 4 atom stereocenters. The van der Waals surface area contributed by atoms with Crippen LogP contribution < -0.4 is 10.2 Å². The first-order valence-corrected chi connectivity index (χ1v) is 13.2. The third-order valence-corrected chi connectivity index (χ3v) is 7.24. The highest BCUT2D eigenvalue weighted by molar-refractivity contribution is 6.09. The minimum absolute atomic E-state index is 0.0585. The number of nitrogens with zero attached hydrogens (tertiary/aromatic N) is 1. The third-order valence-electron chi connectivity index (χ3n) is 7.24. The molecule has 200 valence electrons. The van der Waals surface area contributed by atoms with Crippen LogP contribution >= 0.6 is 0 Å². The quantitative estimate of drug-likeness (QED) is 0.602. The van der Waals surface area contributed by atoms with Crippen molar-refractivity contribution in [1.29, 1.82) is 0 Å². The lowest BCUT2D eigenvalue weighted by atomic mass is 9.74. The highest BCUT2D eigenvalue weighted by atomic mass is 16.5. The highest BCUT2D eigenvalue weighted by Crippen LogP contribution is 2.42. The van der Waals surface area contributed by atoms with Crippen molar-refractivity contribution in [2.45, 2.75) is 18.6 Å². The van der Waals surface area contributed by atoms with E-state index in [2.05, 4.69) is 31.4 Å². The first-order chi connectivity index (χ1) is 18.8. The molecule has 7 nitrogen and oxygen atoms in total. The predicted molar refractivity (Wildman–Crippen MR) is 150 cm³/mol. The largest absolute Gasteiger partial charge is 0.465 e. The van der Waals surface area contributed by atoms with Crippen molar-refractivity contribution in [1.82, 2.24) is 4.90 Å². The van der Waals surface area contributed by atoms with Crippen LogP contribution in [0.4, 0.5) is 5.69 Å². The van der Waals surface area contributed by atoms with E-state index < -0.39 is 0 Å². The fourth-order valence-corrected chi connectivity index (χ4v) is 5.47. The number of quaternary nitrogens is 1. The van der Waals surface area contributed by atoms with Crippen molar-refractivity contribution in [3.63, 3.8) is 0 Å². The first kappa shape index (κ1) is 26.4. The second-order valence-electron chi connectivity index (χ2n) is 10.7. The molecule has 2 aliphatic heterocycles. The van der Waals surface area contributed by atoms with Gasteiger partial charge in [-0.1, -0.05) is 48.6 Å². The highest BCUT2D eigenvalue weighted by Gasteiger charge is 2.45. The molecule has 7 heteroatoms. The van der Waals surface area contributed by atoms with E-state index in [0.717, 1.165) is 16.9 Å². The maximum atomic E-state index is 13.6. The third kappa shape index (κ3) is 5.10. The van der Waals surface area contributed by atoms with Crippen LogP contribution in [0, 0.1) is 11.8 Å². The van der Waals surface area contributed by atoms with Crippen LogP contribution in [0.1, 0.15) is 26.3 Å². The first-order valence-electron chi connectivity index (χ1n) is 13.2. The number of benzene rings is 2. The van der Waals surface area contributed by atoms with Gasteiger partial charge < -0.3 is 19.9 Å². The normalized spacial score (nSPS) is 24.2. The molecule has 39 heavy (non-hydrogen) atoms. The van der Waals surface area contributed by atoms with Gasteiger partial charge in [0.1, 0.15) is 0 Å². The average Bonchev–Trinajstić information content (AvgIpc) is 2.94. The molecule has 0 amide bonds. The van der Waals surface area contributed by atoms with Crippen molar-refractivity contribution >= 4 is 23.2 Å². The molecule has 4 unspecified atom stereocenters. The van der Waals surface area contributed by atoms with E-state index in [-0.39, 0.29) is 41.5 Å². The van der Waals surface area contributed by atoms with Gasteiger partial charge in [0.05, 0.1) is 57.7 Å². The molecule has 0 saturated carbocycles. The van der Waals surface area contributed by atoms with Gasteiger partial charge in [0.15, 0.2) is 11.6 Å². The molecule has 0 aromatic heterocycles. The van der Waals surface area contributed by atoms with Crippen LogP contribution in [0.3, 0.4) is 0 Å². The monoisotopic (exact) mass is 524 g/mol. The Balaban J connectivity index is 0.000000723. The number of ether oxygens (including phenoxy) is 1. The second kappa shape index (κ2) is 10.9. The average molecular weight is 525 g/mol. The number of piperidine rings is 1. The van der Waals surface area contributed by atoms with Crippen LogP contribution in [0.25, 0.3) is 0 Å². The summed E-state index contributed by atoms with van der Waals surface area (Å²) in [5.74, 6) is -0.926. The lowest BCUT2D eigenvalue weighted by molar-refractivity contribution is -0.836. The smallest absolute Gasteiger partial charge is 0.337 e. The van der Waals surface area contributed by atoms with Crippen molar-refractivity contribution in [2.75, 3.05) is 33.6 Å². The molecule has 2 N–H and O–H groups in total. The zero-order valence-electron chi connectivity index (χ0n) is 22.7. The lowest BCUT2D eigenvalue weighted by Crippen LogP contribution is -3.02. The molecule has 0 radical (unpaired) electrons. The number of carbonyl (C=O) groups is 3. The Morgan fingerprint density at radius 1 is 0.923 bits per heavy atom. The predicted octanol–water partition coefficient (Wildman–Crippen LogP) is 2.85. The molecule has 1 fully saturated rings. The molecule has 2 aromatic carbocycles. The molecule has 2 aromatic rings. The Morgan fingerprint density at radius 2 is 1.62 bits per heavy atom. The lowest BCUT2D eigenvalue weighted by Gasteiger charge is -2.46. The molecule has 2 heterocycles. The topological polar surface area (TPSA) is 80.2 Å². The molecule has 4 aliphatic rings. The van der Waals surface area contributed by atoms with E-state index in [1.54, 1.807) is 12.1 Å². The molecular weight excluding hydrogens is 490 g/mol. The molecule has 2 aliphatic carbocycles. The van der Waals surface area contributed by atoms with Gasteiger partial charge in [-0.3, -0.25) is 9.59 Å². The number of fused-ring (bicyclic) bond motifs is 4. The maximum absolute atomic E-state index is 13.6. The second-order valence-corrected chi connectivity index (χ2v) is 10.7. The van der Waals surface area contributed by atoms with Crippen LogP contribution in [-0.2, 0) is 16.1 Å². The van der Waals surface area contributed by atoms with Crippen LogP contribution in [-0.4, -0.2) is 62.8 Å². The number of para-hydroxylation sites is 1. The van der Waals surface area contributed by atoms with Crippen LogP contribution in [0.15, 0.2) is 96.3 Å². The summed E-state index contributed by atoms with van der Waals surface area (Å²) in [5, 5.41) is 3.45. The number of anilines is 1. The summed E-state index contributed by atoms with van der Waals surface area (Å²) in [6.07, 6.45) is 11.8. The maximum Gasteiger partial charge on any atom is 0.337 e. The Kier molecular flexibility index (Phi) is 7.35. The molecule has 1 saturated heterocycles. The van der Waals surface area contributed by atoms with Gasteiger partial charge in [-0.05, 0) is 42.0 Å². The van der Waals surface area contributed by atoms with E-state index in [1.807, 2.05) is 72.9 Å². The number of hydrogen-bond acceptors (Lipinski definition) is 6. The molecule has 0 spiro atoms. The Labute approximate surface area is 229 Å². The summed E-state index contributed by atoms with van der Waals surface area (Å²) in [4.78, 5) is 42.4. The van der Waals surface area contributed by atoms with Crippen molar-refractivity contribution in [3.8, 4) is 0 Å². The zero-order chi connectivity index (χ0) is 27.7. The van der Waals surface area contributed by atoms with Crippen molar-refractivity contribution in [3.05, 3.63) is 113 Å². The van der Waals surface area contributed by atoms with Crippen LogP contribution in [0.5, 0.6) is 0 Å². The Hall–Kier alpha value is -4.23. The number of carbonyl (C=O) groups excluding carboxylic acids is 3. The van der Waals surface area contributed by atoms with Gasteiger partial charge in [0.25, 0.3) is 0 Å². The number of allylic oxidation sites excluding steroid dienone is 3. The SMILES string of the molecule is COC(=O)c1ccc(CN2C3=CC4C(=O)c5ccccc5NC4C=C3C(=O)C3C=CC=CC32)cc1.C[NH+](C)C. The Bertz CT molecular complexity index is 1410. The summed E-state index contributed by atoms with van der Waals surface area (Å²) in [6.45, 7) is 0.535. The zero-order valence-corrected chi connectivity index (χ0v) is 22.7. The minimum Gasteiger partial charge on any atom is -0.465 e. The van der Waals surface area contributed by atoms with E-state index in [4.69, 9.17) is 4.74 Å². The van der Waals surface area contributed by atoms with Crippen molar-refractivity contribution in [2.24, 2.45) is 11.8 Å². The summed E-state index contributed by atoms with van der Waals surface area (Å²) < 4.78 is 4.81. The van der Waals surface area contributed by atoms with E-state index in [1.165, 1.54) is 12.0 Å². The Morgan fingerprint density at radius 3 is 2.33 bits per heavy atom. The van der Waals surface area contributed by atoms with Gasteiger partial charge in [0.2, 0.25) is 0 Å². The number of esters is 1. The van der Waals surface area contributed by atoms with Gasteiger partial charge in [-0.2, -0.15) is 0 Å². The summed E-state index contributed by atoms with van der Waals surface area (Å²) in [7, 11) is 7.61. The number of nitrogens with one attached hydrogen (secondary N) is 2. The fourth-order valence-electron chi connectivity index (χ4n) is 5.47. The summed E-state index contributed by atoms with van der Waals surface area (Å²) in [5.41, 5.74) is 4.41. The standard InChI is InChI=1S/C29H24N2O4.C3H9N/c1-35-29(34)18-12-10-17(11-13-18)16-31-25-9-5-3-7-20(25)28(33)22-14-24-21(15-26(22)31)27(32)19-6-2-4-8-23(19)30-24;1-4(2)3/h2-15,20-21,24-25,30H,16H2,1H3;1-3H3/p+1. The number of methoxy groups -OCH3 is 1. The van der Waals surface area contributed by atoms with E-state index >= 15 is 0 Å². The van der Waals surface area contributed by atoms with E-state index in [9.17, 15) is 14.4 Å². The minimum atomic E-state index is -0.389. The van der Waals surface area contributed by atoms with Gasteiger partial charge in [0, 0.05) is 29.1 Å². The number of likely N-dealkylation sites (tertiary alicyclic amines) is 1.